The van der Waals surface area contributed by atoms with E-state index >= 15 is 0 Å². The van der Waals surface area contributed by atoms with Crippen LogP contribution in [0, 0.1) is 0 Å². The molecule has 1 saturated carbocycles. The molecular weight excluding hydrogens is 278 g/mol. The van der Waals surface area contributed by atoms with Crippen LogP contribution in [-0.2, 0) is 4.74 Å². The fraction of sp³-hybridized carbons (Fsp3) is 0.941. The highest BCUT2D eigenvalue weighted by atomic mass is 16.6. The van der Waals surface area contributed by atoms with E-state index in [1.165, 1.54) is 25.8 Å². The molecule has 2 N–H and O–H groups in total. The largest absolute Gasteiger partial charge is 0.444 e. The molecule has 0 spiro atoms. The van der Waals surface area contributed by atoms with E-state index in [9.17, 15) is 4.79 Å². The van der Waals surface area contributed by atoms with Gasteiger partial charge in [0.05, 0.1) is 0 Å². The number of amides is 1. The molecule has 1 aliphatic heterocycles. The van der Waals surface area contributed by atoms with Gasteiger partial charge >= 0.3 is 6.09 Å². The fourth-order valence-electron chi connectivity index (χ4n) is 3.14. The van der Waals surface area contributed by atoms with Crippen LogP contribution in [0.15, 0.2) is 0 Å². The minimum atomic E-state index is -0.437. The van der Waals surface area contributed by atoms with E-state index in [1.807, 2.05) is 20.8 Å². The number of hydrogen-bond acceptors (Lipinski definition) is 4. The number of rotatable bonds is 7. The highest BCUT2D eigenvalue weighted by molar-refractivity contribution is 5.67. The predicted molar refractivity (Wildman–Crippen MR) is 89.1 cm³/mol. The second-order valence-corrected chi connectivity index (χ2v) is 7.75. The summed E-state index contributed by atoms with van der Waals surface area (Å²) in [6, 6.07) is 1.76. The van der Waals surface area contributed by atoms with Crippen LogP contribution >= 0.6 is 0 Å². The molecule has 0 aromatic rings. The van der Waals surface area contributed by atoms with Gasteiger partial charge in [-0.25, -0.2) is 4.79 Å². The Balaban J connectivity index is 1.71. The molecule has 2 fully saturated rings. The minimum Gasteiger partial charge on any atom is -0.444 e. The Morgan fingerprint density at radius 3 is 2.64 bits per heavy atom. The van der Waals surface area contributed by atoms with E-state index in [-0.39, 0.29) is 6.09 Å². The van der Waals surface area contributed by atoms with Gasteiger partial charge in [-0.3, -0.25) is 4.90 Å². The van der Waals surface area contributed by atoms with Crippen LogP contribution in [0.25, 0.3) is 0 Å². The van der Waals surface area contributed by atoms with Crippen LogP contribution in [0.2, 0.25) is 0 Å². The van der Waals surface area contributed by atoms with Crippen molar-refractivity contribution < 1.29 is 9.53 Å². The Bertz CT molecular complexity index is 363. The number of alkyl carbamates (subject to hydrolysis) is 1. The molecule has 5 heteroatoms. The first-order valence-corrected chi connectivity index (χ1v) is 8.84. The van der Waals surface area contributed by atoms with E-state index in [1.54, 1.807) is 0 Å². The molecule has 0 aromatic carbocycles. The predicted octanol–water partition coefficient (Wildman–Crippen LogP) is 2.51. The van der Waals surface area contributed by atoms with Gasteiger partial charge in [-0.2, -0.15) is 0 Å². The SMILES string of the molecule is CCCC(CNC(=O)OC(C)(C)C)NC1CCN(C2CC2)C1. The number of hydrogen-bond donors (Lipinski definition) is 2. The van der Waals surface area contributed by atoms with Crippen molar-refractivity contribution in [3.63, 3.8) is 0 Å². The smallest absolute Gasteiger partial charge is 0.407 e. The van der Waals surface area contributed by atoms with Crippen LogP contribution in [0.4, 0.5) is 4.79 Å². The molecular formula is C17H33N3O2. The summed E-state index contributed by atoms with van der Waals surface area (Å²) < 4.78 is 5.31. The number of carbonyl (C=O) groups is 1. The van der Waals surface area contributed by atoms with Crippen LogP contribution in [0.5, 0.6) is 0 Å². The van der Waals surface area contributed by atoms with Gasteiger partial charge in [0, 0.05) is 37.8 Å². The Kier molecular flexibility index (Phi) is 6.09. The molecule has 22 heavy (non-hydrogen) atoms. The van der Waals surface area contributed by atoms with Crippen LogP contribution in [0.1, 0.15) is 59.8 Å². The molecule has 0 bridgehead atoms. The molecule has 2 aliphatic rings. The second-order valence-electron chi connectivity index (χ2n) is 7.75. The summed E-state index contributed by atoms with van der Waals surface area (Å²) in [4.78, 5) is 14.4. The molecule has 0 radical (unpaired) electrons. The first kappa shape index (κ1) is 17.5. The summed E-state index contributed by atoms with van der Waals surface area (Å²) in [5, 5.41) is 6.64. The zero-order chi connectivity index (χ0) is 16.2. The van der Waals surface area contributed by atoms with Gasteiger partial charge in [-0.05, 0) is 46.5 Å². The topological polar surface area (TPSA) is 53.6 Å². The number of ether oxygens (including phenoxy) is 1. The molecule has 2 atom stereocenters. The van der Waals surface area contributed by atoms with Crippen LogP contribution < -0.4 is 10.6 Å². The molecule has 1 heterocycles. The van der Waals surface area contributed by atoms with Crippen molar-refractivity contribution in [1.82, 2.24) is 15.5 Å². The molecule has 128 valence electrons. The van der Waals surface area contributed by atoms with E-state index in [0.717, 1.165) is 25.4 Å². The lowest BCUT2D eigenvalue weighted by Gasteiger charge is -2.25. The Morgan fingerprint density at radius 1 is 1.32 bits per heavy atom. The maximum Gasteiger partial charge on any atom is 0.407 e. The van der Waals surface area contributed by atoms with E-state index < -0.39 is 5.60 Å². The molecule has 1 saturated heterocycles. The third-order valence-corrected chi connectivity index (χ3v) is 4.28. The monoisotopic (exact) mass is 311 g/mol. The summed E-state index contributed by atoms with van der Waals surface area (Å²) in [6.07, 6.45) is 5.86. The van der Waals surface area contributed by atoms with Crippen molar-refractivity contribution >= 4 is 6.09 Å². The van der Waals surface area contributed by atoms with Crippen LogP contribution in [-0.4, -0.2) is 54.4 Å². The standard InChI is InChI=1S/C17H33N3O2/c1-5-6-13(11-18-16(21)22-17(2,3)4)19-14-9-10-20(12-14)15-7-8-15/h13-15,19H,5-12H2,1-4H3,(H,18,21). The lowest BCUT2D eigenvalue weighted by atomic mass is 10.1. The zero-order valence-electron chi connectivity index (χ0n) is 14.7. The number of carbonyl (C=O) groups excluding carboxylic acids is 1. The normalized spacial score (nSPS) is 24.3. The van der Waals surface area contributed by atoms with Crippen molar-refractivity contribution in [3.8, 4) is 0 Å². The lowest BCUT2D eigenvalue weighted by Crippen LogP contribution is -2.47. The number of nitrogens with zero attached hydrogens (tertiary/aromatic N) is 1. The summed E-state index contributed by atoms with van der Waals surface area (Å²) in [7, 11) is 0. The van der Waals surface area contributed by atoms with Crippen molar-refractivity contribution in [2.45, 2.75) is 83.5 Å². The van der Waals surface area contributed by atoms with Gasteiger partial charge in [-0.1, -0.05) is 13.3 Å². The molecule has 0 aromatic heterocycles. The van der Waals surface area contributed by atoms with Crippen molar-refractivity contribution in [2.24, 2.45) is 0 Å². The molecule has 1 amide bonds. The summed E-state index contributed by atoms with van der Waals surface area (Å²) in [5.41, 5.74) is -0.437. The van der Waals surface area contributed by atoms with Gasteiger partial charge in [0.15, 0.2) is 0 Å². The zero-order valence-corrected chi connectivity index (χ0v) is 14.7. The lowest BCUT2D eigenvalue weighted by molar-refractivity contribution is 0.0521. The first-order valence-electron chi connectivity index (χ1n) is 8.84. The van der Waals surface area contributed by atoms with E-state index in [0.29, 0.717) is 18.6 Å². The van der Waals surface area contributed by atoms with Gasteiger partial charge < -0.3 is 15.4 Å². The highest BCUT2D eigenvalue weighted by Gasteiger charge is 2.34. The highest BCUT2D eigenvalue weighted by Crippen LogP contribution is 2.29. The summed E-state index contributed by atoms with van der Waals surface area (Å²) >= 11 is 0. The second kappa shape index (κ2) is 7.64. The third kappa shape index (κ3) is 6.13. The maximum atomic E-state index is 11.8. The van der Waals surface area contributed by atoms with Crippen LogP contribution in [0.3, 0.4) is 0 Å². The summed E-state index contributed by atoms with van der Waals surface area (Å²) in [5.74, 6) is 0. The maximum absolute atomic E-state index is 11.8. The molecule has 2 rings (SSSR count). The third-order valence-electron chi connectivity index (χ3n) is 4.28. The molecule has 2 unspecified atom stereocenters. The van der Waals surface area contributed by atoms with Gasteiger partial charge in [0.2, 0.25) is 0 Å². The fourth-order valence-corrected chi connectivity index (χ4v) is 3.14. The Hall–Kier alpha value is -0.810. The van der Waals surface area contributed by atoms with Gasteiger partial charge in [0.25, 0.3) is 0 Å². The van der Waals surface area contributed by atoms with Crippen molar-refractivity contribution in [2.75, 3.05) is 19.6 Å². The molecule has 1 aliphatic carbocycles. The number of nitrogens with one attached hydrogen (secondary N) is 2. The number of likely N-dealkylation sites (tertiary alicyclic amines) is 1. The summed E-state index contributed by atoms with van der Waals surface area (Å²) in [6.45, 7) is 10.9. The average Bonchev–Trinajstić information content (AvgIpc) is 3.15. The van der Waals surface area contributed by atoms with E-state index in [2.05, 4.69) is 22.5 Å². The average molecular weight is 311 g/mol. The Morgan fingerprint density at radius 2 is 2.05 bits per heavy atom. The first-order chi connectivity index (χ1) is 10.4. The molecule has 5 nitrogen and oxygen atoms in total. The van der Waals surface area contributed by atoms with Gasteiger partial charge in [-0.15, -0.1) is 0 Å². The van der Waals surface area contributed by atoms with Gasteiger partial charge in [0.1, 0.15) is 5.60 Å². The van der Waals surface area contributed by atoms with E-state index in [4.69, 9.17) is 4.74 Å². The van der Waals surface area contributed by atoms with Crippen molar-refractivity contribution in [1.29, 1.82) is 0 Å². The van der Waals surface area contributed by atoms with Crippen molar-refractivity contribution in [3.05, 3.63) is 0 Å². The quantitative estimate of drug-likeness (QED) is 0.758. The minimum absolute atomic E-state index is 0.318. The Labute approximate surface area is 135 Å².